The number of rotatable bonds is 8. The standard InChI is InChI=1S/C16H25N3O6S/c1-11(15(21)18(2)3)25-16(22)13-10-12(26(23,24)19(4)5)6-7-14(13)17-8-9-20/h6-7,10-11,17,20H,8-9H2,1-5H3/t11-/m0/s1. The summed E-state index contributed by atoms with van der Waals surface area (Å²) in [5.74, 6) is -1.25. The smallest absolute Gasteiger partial charge is 0.341 e. The first kappa shape index (κ1) is 21.9. The predicted molar refractivity (Wildman–Crippen MR) is 96.5 cm³/mol. The van der Waals surface area contributed by atoms with Crippen molar-refractivity contribution in [3.8, 4) is 0 Å². The molecule has 1 aromatic carbocycles. The van der Waals surface area contributed by atoms with Crippen LogP contribution in [0.2, 0.25) is 0 Å². The van der Waals surface area contributed by atoms with Crippen LogP contribution in [0.5, 0.6) is 0 Å². The minimum Gasteiger partial charge on any atom is -0.449 e. The quantitative estimate of drug-likeness (QED) is 0.602. The maximum absolute atomic E-state index is 12.5. The molecule has 0 bridgehead atoms. The van der Waals surface area contributed by atoms with Crippen molar-refractivity contribution in [1.29, 1.82) is 0 Å². The summed E-state index contributed by atoms with van der Waals surface area (Å²) in [6.07, 6.45) is -1.03. The van der Waals surface area contributed by atoms with Gasteiger partial charge in [-0.3, -0.25) is 4.79 Å². The molecule has 9 nitrogen and oxygen atoms in total. The van der Waals surface area contributed by atoms with Crippen molar-refractivity contribution in [2.45, 2.75) is 17.9 Å². The normalized spacial score (nSPS) is 12.6. The van der Waals surface area contributed by atoms with Gasteiger partial charge in [-0.1, -0.05) is 0 Å². The first-order valence-corrected chi connectivity index (χ1v) is 9.29. The van der Waals surface area contributed by atoms with E-state index in [0.29, 0.717) is 5.69 Å². The summed E-state index contributed by atoms with van der Waals surface area (Å²) in [5, 5.41) is 11.8. The molecule has 0 fully saturated rings. The number of esters is 1. The van der Waals surface area contributed by atoms with Gasteiger partial charge in [-0.15, -0.1) is 0 Å². The SMILES string of the molecule is C[C@H](OC(=O)c1cc(S(=O)(=O)N(C)C)ccc1NCCO)C(=O)N(C)C. The van der Waals surface area contributed by atoms with Crippen LogP contribution in [0.1, 0.15) is 17.3 Å². The number of sulfonamides is 1. The zero-order valence-electron chi connectivity index (χ0n) is 15.5. The lowest BCUT2D eigenvalue weighted by molar-refractivity contribution is -0.137. The molecule has 0 aromatic heterocycles. The van der Waals surface area contributed by atoms with Crippen LogP contribution in [-0.4, -0.2) is 82.1 Å². The number of hydrogen-bond donors (Lipinski definition) is 2. The second-order valence-electron chi connectivity index (χ2n) is 5.93. The lowest BCUT2D eigenvalue weighted by Crippen LogP contribution is -2.35. The second kappa shape index (κ2) is 8.97. The minimum atomic E-state index is -3.76. The largest absolute Gasteiger partial charge is 0.449 e. The number of amides is 1. The fourth-order valence-corrected chi connectivity index (χ4v) is 2.97. The summed E-state index contributed by atoms with van der Waals surface area (Å²) in [4.78, 5) is 25.6. The number of hydrogen-bond acceptors (Lipinski definition) is 7. The molecular weight excluding hydrogens is 362 g/mol. The van der Waals surface area contributed by atoms with Gasteiger partial charge in [0.2, 0.25) is 10.0 Å². The Bertz CT molecular complexity index is 761. The van der Waals surface area contributed by atoms with Crippen molar-refractivity contribution in [3.05, 3.63) is 23.8 Å². The summed E-state index contributed by atoms with van der Waals surface area (Å²) in [5.41, 5.74) is 0.256. The fourth-order valence-electron chi connectivity index (χ4n) is 2.05. The van der Waals surface area contributed by atoms with Gasteiger partial charge >= 0.3 is 5.97 Å². The number of ether oxygens (including phenoxy) is 1. The zero-order chi connectivity index (χ0) is 20.1. The third-order valence-electron chi connectivity index (χ3n) is 3.49. The van der Waals surface area contributed by atoms with E-state index in [4.69, 9.17) is 9.84 Å². The molecule has 0 spiro atoms. The number of carbonyl (C=O) groups is 2. The average molecular weight is 387 g/mol. The Morgan fingerprint density at radius 1 is 1.23 bits per heavy atom. The van der Waals surface area contributed by atoms with Crippen LogP contribution in [-0.2, 0) is 19.6 Å². The van der Waals surface area contributed by atoms with Gasteiger partial charge in [0.15, 0.2) is 6.10 Å². The van der Waals surface area contributed by atoms with E-state index in [9.17, 15) is 18.0 Å². The van der Waals surface area contributed by atoms with E-state index in [2.05, 4.69) is 5.32 Å². The number of likely N-dealkylation sites (N-methyl/N-ethyl adjacent to an activating group) is 1. The molecule has 0 heterocycles. The molecule has 1 amide bonds. The first-order valence-electron chi connectivity index (χ1n) is 7.85. The molecule has 0 saturated carbocycles. The average Bonchev–Trinajstić information content (AvgIpc) is 2.58. The molecule has 1 aromatic rings. The van der Waals surface area contributed by atoms with Crippen molar-refractivity contribution in [1.82, 2.24) is 9.21 Å². The van der Waals surface area contributed by atoms with Gasteiger partial charge in [-0.05, 0) is 25.1 Å². The van der Waals surface area contributed by atoms with Gasteiger partial charge in [-0.2, -0.15) is 0 Å². The van der Waals surface area contributed by atoms with Gasteiger partial charge in [0.1, 0.15) is 0 Å². The summed E-state index contributed by atoms with van der Waals surface area (Å²) in [7, 11) is 2.07. The minimum absolute atomic E-state index is 0.0419. The molecular formula is C16H25N3O6S. The van der Waals surface area contributed by atoms with E-state index in [1.54, 1.807) is 0 Å². The molecule has 0 aliphatic rings. The summed E-state index contributed by atoms with van der Waals surface area (Å²) >= 11 is 0. The zero-order valence-corrected chi connectivity index (χ0v) is 16.3. The molecule has 1 rings (SSSR count). The van der Waals surface area contributed by atoms with Crippen molar-refractivity contribution in [2.75, 3.05) is 46.7 Å². The van der Waals surface area contributed by atoms with Crippen LogP contribution in [0.4, 0.5) is 5.69 Å². The number of nitrogens with zero attached hydrogens (tertiary/aromatic N) is 2. The van der Waals surface area contributed by atoms with E-state index in [1.807, 2.05) is 0 Å². The highest BCUT2D eigenvalue weighted by Crippen LogP contribution is 2.23. The monoisotopic (exact) mass is 387 g/mol. The molecule has 0 radical (unpaired) electrons. The van der Waals surface area contributed by atoms with Crippen LogP contribution in [0.25, 0.3) is 0 Å². The Morgan fingerprint density at radius 2 is 1.85 bits per heavy atom. The number of nitrogens with one attached hydrogen (secondary N) is 1. The fraction of sp³-hybridized carbons (Fsp3) is 0.500. The summed E-state index contributed by atoms with van der Waals surface area (Å²) in [6, 6.07) is 3.95. The van der Waals surface area contributed by atoms with Gasteiger partial charge in [-0.25, -0.2) is 17.5 Å². The number of benzene rings is 1. The molecule has 2 N–H and O–H groups in total. The Labute approximate surface area is 153 Å². The topological polar surface area (TPSA) is 116 Å². The van der Waals surface area contributed by atoms with E-state index in [1.165, 1.54) is 58.2 Å². The van der Waals surface area contributed by atoms with Crippen LogP contribution in [0.3, 0.4) is 0 Å². The maximum Gasteiger partial charge on any atom is 0.341 e. The Balaban J connectivity index is 3.27. The third-order valence-corrected chi connectivity index (χ3v) is 5.30. The number of aliphatic hydroxyl groups excluding tert-OH is 1. The van der Waals surface area contributed by atoms with E-state index < -0.39 is 28.0 Å². The van der Waals surface area contributed by atoms with Gasteiger partial charge in [0.05, 0.1) is 17.1 Å². The van der Waals surface area contributed by atoms with Crippen LogP contribution >= 0.6 is 0 Å². The molecule has 10 heteroatoms. The first-order chi connectivity index (χ1) is 12.0. The van der Waals surface area contributed by atoms with Crippen molar-refractivity contribution < 1.29 is 27.9 Å². The Hall–Kier alpha value is -2.17. The van der Waals surface area contributed by atoms with Crippen molar-refractivity contribution in [2.24, 2.45) is 0 Å². The number of carbonyl (C=O) groups excluding carboxylic acids is 2. The second-order valence-corrected chi connectivity index (χ2v) is 8.08. The van der Waals surface area contributed by atoms with Crippen LogP contribution in [0, 0.1) is 0 Å². The predicted octanol–water partition coefficient (Wildman–Crippen LogP) is -0.0254. The summed E-state index contributed by atoms with van der Waals surface area (Å²) in [6.45, 7) is 1.41. The van der Waals surface area contributed by atoms with E-state index in [0.717, 1.165) is 4.31 Å². The molecule has 0 aliphatic heterocycles. The van der Waals surface area contributed by atoms with E-state index in [-0.39, 0.29) is 23.6 Å². The Morgan fingerprint density at radius 3 is 2.35 bits per heavy atom. The Kier molecular flexibility index (Phi) is 7.54. The molecule has 0 saturated heterocycles. The molecule has 26 heavy (non-hydrogen) atoms. The van der Waals surface area contributed by atoms with Crippen LogP contribution in [0.15, 0.2) is 23.1 Å². The molecule has 0 aliphatic carbocycles. The molecule has 146 valence electrons. The lowest BCUT2D eigenvalue weighted by Gasteiger charge is -2.19. The van der Waals surface area contributed by atoms with E-state index >= 15 is 0 Å². The van der Waals surface area contributed by atoms with Gasteiger partial charge in [0.25, 0.3) is 5.91 Å². The molecule has 0 unspecified atom stereocenters. The van der Waals surface area contributed by atoms with Gasteiger partial charge in [0, 0.05) is 40.4 Å². The number of anilines is 1. The highest BCUT2D eigenvalue weighted by molar-refractivity contribution is 7.89. The molecule has 1 atom stereocenters. The van der Waals surface area contributed by atoms with Crippen molar-refractivity contribution >= 4 is 27.6 Å². The maximum atomic E-state index is 12.5. The van der Waals surface area contributed by atoms with Crippen molar-refractivity contribution in [3.63, 3.8) is 0 Å². The number of aliphatic hydroxyl groups is 1. The van der Waals surface area contributed by atoms with Crippen LogP contribution < -0.4 is 5.32 Å². The summed E-state index contributed by atoms with van der Waals surface area (Å²) < 4.78 is 30.8. The lowest BCUT2D eigenvalue weighted by atomic mass is 10.1. The van der Waals surface area contributed by atoms with Gasteiger partial charge < -0.3 is 20.1 Å². The highest BCUT2D eigenvalue weighted by atomic mass is 32.2. The third kappa shape index (κ3) is 5.16. The highest BCUT2D eigenvalue weighted by Gasteiger charge is 2.25.